The van der Waals surface area contributed by atoms with E-state index in [-0.39, 0.29) is 17.0 Å². The van der Waals surface area contributed by atoms with Crippen LogP contribution in [0.5, 0.6) is 0 Å². The number of rotatable bonds is 5. The molecule has 3 aromatic rings. The Morgan fingerprint density at radius 2 is 1.80 bits per heavy atom. The molecule has 7 heteroatoms. The predicted octanol–water partition coefficient (Wildman–Crippen LogP) is 8.64. The Bertz CT molecular complexity index is 1670. The molecule has 5 rings (SSSR count). The predicted molar refractivity (Wildman–Crippen MR) is 165 cm³/mol. The van der Waals surface area contributed by atoms with Crippen molar-refractivity contribution in [3.05, 3.63) is 116 Å². The Labute approximate surface area is 250 Å². The molecular weight excluding hydrogens is 553 g/mol. The molecule has 1 unspecified atom stereocenters. The second-order valence-corrected chi connectivity index (χ2v) is 13.3. The summed E-state index contributed by atoms with van der Waals surface area (Å²) in [6.45, 7) is 10.2. The minimum Gasteiger partial charge on any atom is -0.384 e. The summed E-state index contributed by atoms with van der Waals surface area (Å²) in [4.78, 5) is 16.9. The number of nitriles is 1. The number of halogens is 2. The molecule has 1 aliphatic carbocycles. The maximum absolute atomic E-state index is 14.0. The van der Waals surface area contributed by atoms with Crippen LogP contribution >= 0.6 is 23.4 Å². The van der Waals surface area contributed by atoms with Gasteiger partial charge >= 0.3 is 0 Å². The van der Waals surface area contributed by atoms with Crippen LogP contribution in [-0.4, -0.2) is 5.78 Å². The van der Waals surface area contributed by atoms with Crippen molar-refractivity contribution < 1.29 is 9.18 Å². The zero-order valence-electron chi connectivity index (χ0n) is 23.9. The number of benzene rings is 3. The molecule has 2 N–H and O–H groups in total. The molecule has 0 aromatic heterocycles. The van der Waals surface area contributed by atoms with Crippen molar-refractivity contribution in [3.8, 4) is 6.07 Å². The maximum atomic E-state index is 14.0. The first-order chi connectivity index (χ1) is 19.4. The lowest BCUT2D eigenvalue weighted by Crippen LogP contribution is -2.42. The van der Waals surface area contributed by atoms with Crippen molar-refractivity contribution >= 4 is 34.8 Å². The van der Waals surface area contributed by atoms with E-state index in [1.54, 1.807) is 23.9 Å². The van der Waals surface area contributed by atoms with E-state index >= 15 is 0 Å². The monoisotopic (exact) mass is 585 g/mol. The molecule has 41 heavy (non-hydrogen) atoms. The van der Waals surface area contributed by atoms with Gasteiger partial charge in [-0.3, -0.25) is 9.69 Å². The fourth-order valence-corrected chi connectivity index (χ4v) is 7.14. The molecule has 0 saturated heterocycles. The van der Waals surface area contributed by atoms with Crippen LogP contribution in [0.3, 0.4) is 0 Å². The van der Waals surface area contributed by atoms with Crippen LogP contribution < -0.4 is 10.6 Å². The van der Waals surface area contributed by atoms with Crippen LogP contribution in [0.1, 0.15) is 60.4 Å². The fourth-order valence-electron chi connectivity index (χ4n) is 6.02. The second-order valence-electron chi connectivity index (χ2n) is 11.8. The Hall–Kier alpha value is -3.53. The van der Waals surface area contributed by atoms with Gasteiger partial charge in [0.15, 0.2) is 5.78 Å². The lowest BCUT2D eigenvalue weighted by molar-refractivity contribution is -0.118. The average Bonchev–Trinajstić information content (AvgIpc) is 2.90. The number of nitrogens with zero attached hydrogens (tertiary/aromatic N) is 2. The van der Waals surface area contributed by atoms with Crippen molar-refractivity contribution in [2.45, 2.75) is 64.0 Å². The molecule has 4 nitrogen and oxygen atoms in total. The van der Waals surface area contributed by atoms with Crippen LogP contribution in [0.25, 0.3) is 0 Å². The summed E-state index contributed by atoms with van der Waals surface area (Å²) in [5.74, 6) is 0.203. The number of hydrogen-bond acceptors (Lipinski definition) is 5. The fraction of sp³-hybridized carbons (Fsp3) is 0.294. The lowest BCUT2D eigenvalue weighted by Gasteiger charge is -2.44. The molecule has 1 heterocycles. The number of nitrogens with two attached hydrogens (primary N) is 1. The van der Waals surface area contributed by atoms with Gasteiger partial charge in [-0.15, -0.1) is 11.8 Å². The highest BCUT2D eigenvalue weighted by Crippen LogP contribution is 2.51. The number of Topliss-reactive ketones (excluding diaryl/α,β-unsaturated/α-hetero) is 1. The third-order valence-corrected chi connectivity index (χ3v) is 9.31. The number of aryl methyl sites for hydroxylation is 2. The van der Waals surface area contributed by atoms with Gasteiger partial charge in [0.1, 0.15) is 11.6 Å². The number of ketones is 1. The normalized spacial score (nSPS) is 18.4. The van der Waals surface area contributed by atoms with Crippen LogP contribution in [0.15, 0.2) is 82.2 Å². The van der Waals surface area contributed by atoms with Crippen molar-refractivity contribution in [3.63, 3.8) is 0 Å². The lowest BCUT2D eigenvalue weighted by atomic mass is 9.68. The topological polar surface area (TPSA) is 70.1 Å². The van der Waals surface area contributed by atoms with E-state index in [0.29, 0.717) is 40.6 Å². The molecule has 0 bridgehead atoms. The van der Waals surface area contributed by atoms with Gasteiger partial charge in [0.05, 0.1) is 23.2 Å². The molecule has 0 saturated carbocycles. The van der Waals surface area contributed by atoms with Crippen LogP contribution in [-0.2, 0) is 10.5 Å². The van der Waals surface area contributed by atoms with Gasteiger partial charge in [0, 0.05) is 33.4 Å². The largest absolute Gasteiger partial charge is 0.384 e. The molecule has 2 aliphatic rings. The maximum Gasteiger partial charge on any atom is 0.162 e. The van der Waals surface area contributed by atoms with E-state index < -0.39 is 5.92 Å². The minimum absolute atomic E-state index is 0.0364. The van der Waals surface area contributed by atoms with E-state index in [9.17, 15) is 14.4 Å². The number of carbonyl (C=O) groups is 1. The van der Waals surface area contributed by atoms with Gasteiger partial charge in [0.25, 0.3) is 0 Å². The minimum atomic E-state index is -0.566. The first-order valence-electron chi connectivity index (χ1n) is 13.6. The molecule has 1 atom stereocenters. The van der Waals surface area contributed by atoms with E-state index in [1.807, 2.05) is 43.9 Å². The van der Waals surface area contributed by atoms with E-state index in [2.05, 4.69) is 32.0 Å². The first-order valence-corrected chi connectivity index (χ1v) is 15.0. The first kappa shape index (κ1) is 29.0. The Morgan fingerprint density at radius 3 is 2.49 bits per heavy atom. The number of allylic oxidation sites excluding steroid dienone is 3. The van der Waals surface area contributed by atoms with Gasteiger partial charge in [-0.25, -0.2) is 4.39 Å². The summed E-state index contributed by atoms with van der Waals surface area (Å²) in [5, 5.41) is 11.1. The number of hydrogen-bond donors (Lipinski definition) is 1. The zero-order chi connectivity index (χ0) is 29.6. The number of anilines is 1. The third kappa shape index (κ3) is 5.54. The Balaban J connectivity index is 1.69. The van der Waals surface area contributed by atoms with Gasteiger partial charge in [-0.1, -0.05) is 49.2 Å². The van der Waals surface area contributed by atoms with Crippen molar-refractivity contribution in [1.29, 1.82) is 5.26 Å². The van der Waals surface area contributed by atoms with E-state index in [1.165, 1.54) is 12.1 Å². The highest BCUT2D eigenvalue weighted by atomic mass is 35.5. The summed E-state index contributed by atoms with van der Waals surface area (Å²) in [6, 6.07) is 18.7. The van der Waals surface area contributed by atoms with Gasteiger partial charge in [0.2, 0.25) is 0 Å². The van der Waals surface area contributed by atoms with E-state index in [0.717, 1.165) is 44.1 Å². The van der Waals surface area contributed by atoms with Crippen molar-refractivity contribution in [2.75, 3.05) is 4.90 Å². The highest BCUT2D eigenvalue weighted by Gasteiger charge is 2.45. The molecule has 0 radical (unpaired) electrons. The van der Waals surface area contributed by atoms with E-state index in [4.69, 9.17) is 17.3 Å². The quantitative estimate of drug-likeness (QED) is 0.303. The van der Waals surface area contributed by atoms with Crippen LogP contribution in [0.4, 0.5) is 10.1 Å². The molecule has 0 amide bonds. The second kappa shape index (κ2) is 11.0. The summed E-state index contributed by atoms with van der Waals surface area (Å²) < 4.78 is 13.4. The van der Waals surface area contributed by atoms with Crippen molar-refractivity contribution in [1.82, 2.24) is 0 Å². The average molecular weight is 586 g/mol. The van der Waals surface area contributed by atoms with Gasteiger partial charge in [-0.05, 0) is 91.3 Å². The zero-order valence-corrected chi connectivity index (χ0v) is 25.5. The SMILES string of the molecule is Cc1cc(CSc2ccc(F)cc2)c(C)c(C2C(C#N)=C(N)N(c3cc(Cl)ccc3C)C3=C2C(=O)CC(C)(C)C3)c1. The highest BCUT2D eigenvalue weighted by molar-refractivity contribution is 7.98. The summed E-state index contributed by atoms with van der Waals surface area (Å²) in [7, 11) is 0. The molecular formula is C34H33ClFN3OS. The Morgan fingerprint density at radius 1 is 1.10 bits per heavy atom. The third-order valence-electron chi connectivity index (χ3n) is 8.01. The van der Waals surface area contributed by atoms with Gasteiger partial charge < -0.3 is 5.73 Å². The number of carbonyl (C=O) groups excluding carboxylic acids is 1. The van der Waals surface area contributed by atoms with Crippen molar-refractivity contribution in [2.24, 2.45) is 11.1 Å². The summed E-state index contributed by atoms with van der Waals surface area (Å²) >= 11 is 8.05. The molecule has 3 aromatic carbocycles. The molecule has 1 aliphatic heterocycles. The van der Waals surface area contributed by atoms with Gasteiger partial charge in [-0.2, -0.15) is 5.26 Å². The summed E-state index contributed by atoms with van der Waals surface area (Å²) in [6.07, 6.45) is 1.02. The molecule has 210 valence electrons. The molecule has 0 spiro atoms. The molecule has 0 fully saturated rings. The standard InChI is InChI=1S/C34H33ClFN3OS/c1-19-12-22(18-41-25-10-8-24(36)9-11-25)21(3)26(13-19)31-27(17-37)33(38)39(28-14-23(35)7-6-20(28)2)29-15-34(4,5)16-30(40)32(29)31/h6-14,31H,15-16,18,38H2,1-5H3. The van der Waals surface area contributed by atoms with Crippen LogP contribution in [0.2, 0.25) is 5.02 Å². The summed E-state index contributed by atoms with van der Waals surface area (Å²) in [5.41, 5.74) is 14.3. The number of thioether (sulfide) groups is 1. The smallest absolute Gasteiger partial charge is 0.162 e. The Kier molecular flexibility index (Phi) is 7.80. The van der Waals surface area contributed by atoms with Crippen LogP contribution in [0, 0.1) is 43.3 Å².